The first kappa shape index (κ1) is 22.9. The molecule has 0 spiro atoms. The van der Waals surface area contributed by atoms with Crippen molar-refractivity contribution in [2.24, 2.45) is 11.8 Å². The highest BCUT2D eigenvalue weighted by molar-refractivity contribution is 5.30. The summed E-state index contributed by atoms with van der Waals surface area (Å²) >= 11 is 0. The fourth-order valence-corrected chi connectivity index (χ4v) is 2.67. The maximum absolute atomic E-state index is 13.9. The Hall–Kier alpha value is -2.17. The maximum Gasteiger partial charge on any atom is 0.200 e. The Balaban J connectivity index is 2.48. The molecule has 0 aliphatic heterocycles. The molecular weight excluding hydrogens is 353 g/mol. The summed E-state index contributed by atoms with van der Waals surface area (Å²) in [5.41, 5.74) is 0.918. The molecule has 150 valence electrons. The summed E-state index contributed by atoms with van der Waals surface area (Å²) in [6, 6.07) is 2.57. The van der Waals surface area contributed by atoms with Gasteiger partial charge in [0.15, 0.2) is 17.4 Å². The van der Waals surface area contributed by atoms with E-state index in [9.17, 15) is 13.2 Å². The Morgan fingerprint density at radius 2 is 1.81 bits per heavy atom. The molecule has 0 aliphatic carbocycles. The predicted octanol–water partition coefficient (Wildman–Crippen LogP) is 6.62. The van der Waals surface area contributed by atoms with Crippen LogP contribution in [0.3, 0.4) is 0 Å². The van der Waals surface area contributed by atoms with Crippen LogP contribution in [0.2, 0.25) is 0 Å². The van der Waals surface area contributed by atoms with E-state index in [4.69, 9.17) is 9.84 Å². The molecule has 1 rings (SSSR count). The zero-order chi connectivity index (χ0) is 20.6. The smallest absolute Gasteiger partial charge is 0.200 e. The largest absolute Gasteiger partial charge is 0.505 e. The second kappa shape index (κ2) is 10.9. The normalized spacial score (nSPS) is 13.9. The second-order valence-electron chi connectivity index (χ2n) is 6.92. The fourth-order valence-electron chi connectivity index (χ4n) is 2.67. The molecule has 2 nitrogen and oxygen atoms in total. The lowest BCUT2D eigenvalue weighted by molar-refractivity contribution is 0.226. The van der Waals surface area contributed by atoms with Gasteiger partial charge in [0.25, 0.3) is 0 Å². The van der Waals surface area contributed by atoms with Gasteiger partial charge >= 0.3 is 0 Å². The lowest BCUT2D eigenvalue weighted by Gasteiger charge is -2.16. The third-order valence-electron chi connectivity index (χ3n) is 4.67. The van der Waals surface area contributed by atoms with Gasteiger partial charge < -0.3 is 9.84 Å². The minimum Gasteiger partial charge on any atom is -0.505 e. The van der Waals surface area contributed by atoms with Crippen LogP contribution in [0.1, 0.15) is 45.6 Å². The molecule has 1 aromatic rings. The Bertz CT molecular complexity index is 695. The average Bonchev–Trinajstić information content (AvgIpc) is 2.63. The number of hydrogen-bond acceptors (Lipinski definition) is 2. The Labute approximate surface area is 160 Å². The van der Waals surface area contributed by atoms with E-state index in [2.05, 4.69) is 13.2 Å². The van der Waals surface area contributed by atoms with Crippen molar-refractivity contribution in [1.82, 2.24) is 0 Å². The SMILES string of the molecule is C=C(OCC)/C(F)=C\C(=C)C(C)CCC(C)CCc1ccc(O)c(F)c1F. The lowest BCUT2D eigenvalue weighted by Crippen LogP contribution is -2.04. The molecule has 0 aliphatic rings. The summed E-state index contributed by atoms with van der Waals surface area (Å²) in [7, 11) is 0. The number of benzene rings is 1. The number of ether oxygens (including phenoxy) is 1. The van der Waals surface area contributed by atoms with Crippen molar-refractivity contribution in [2.45, 2.75) is 46.5 Å². The molecule has 27 heavy (non-hydrogen) atoms. The summed E-state index contributed by atoms with van der Waals surface area (Å²) in [6.45, 7) is 13.6. The molecule has 0 radical (unpaired) electrons. The van der Waals surface area contributed by atoms with Gasteiger partial charge in [-0.15, -0.1) is 0 Å². The highest BCUT2D eigenvalue weighted by Crippen LogP contribution is 2.26. The van der Waals surface area contributed by atoms with Crippen LogP contribution in [-0.2, 0) is 11.2 Å². The highest BCUT2D eigenvalue weighted by Gasteiger charge is 2.15. The summed E-state index contributed by atoms with van der Waals surface area (Å²) in [5.74, 6) is -3.02. The molecule has 1 aromatic carbocycles. The van der Waals surface area contributed by atoms with Gasteiger partial charge in [-0.2, -0.15) is 4.39 Å². The van der Waals surface area contributed by atoms with E-state index in [1.807, 2.05) is 13.8 Å². The first-order valence-corrected chi connectivity index (χ1v) is 9.21. The number of halogens is 3. The van der Waals surface area contributed by atoms with Crippen LogP contribution in [0, 0.1) is 23.5 Å². The zero-order valence-electron chi connectivity index (χ0n) is 16.3. The van der Waals surface area contributed by atoms with Gasteiger partial charge in [0.05, 0.1) is 6.61 Å². The maximum atomic E-state index is 13.9. The molecule has 0 fully saturated rings. The lowest BCUT2D eigenvalue weighted by atomic mass is 9.90. The van der Waals surface area contributed by atoms with Gasteiger partial charge in [-0.25, -0.2) is 8.78 Å². The topological polar surface area (TPSA) is 29.5 Å². The van der Waals surface area contributed by atoms with Crippen LogP contribution in [0.4, 0.5) is 13.2 Å². The average molecular weight is 382 g/mol. The molecule has 0 saturated heterocycles. The van der Waals surface area contributed by atoms with E-state index >= 15 is 0 Å². The molecule has 0 bridgehead atoms. The third kappa shape index (κ3) is 7.16. The molecular formula is C22H29F3O2. The third-order valence-corrected chi connectivity index (χ3v) is 4.67. The molecule has 5 heteroatoms. The van der Waals surface area contributed by atoms with Crippen molar-refractivity contribution in [3.8, 4) is 5.75 Å². The number of phenolic OH excluding ortho intramolecular Hbond substituents is 1. The standard InChI is InChI=1S/C22H29F3O2/c1-6-27-17(5)19(23)13-16(4)15(3)9-7-14(2)8-10-18-11-12-20(26)22(25)21(18)24/h11-15,26H,4-10H2,1-3H3/b19-13+. The quantitative estimate of drug-likeness (QED) is 0.344. The zero-order valence-corrected chi connectivity index (χ0v) is 16.3. The van der Waals surface area contributed by atoms with Crippen LogP contribution >= 0.6 is 0 Å². The Kier molecular flexibility index (Phi) is 9.19. The minimum atomic E-state index is -1.20. The monoisotopic (exact) mass is 382 g/mol. The van der Waals surface area contributed by atoms with Crippen molar-refractivity contribution in [3.63, 3.8) is 0 Å². The van der Waals surface area contributed by atoms with E-state index in [1.165, 1.54) is 18.2 Å². The molecule has 0 saturated carbocycles. The molecule has 1 N–H and O–H groups in total. The number of rotatable bonds is 11. The van der Waals surface area contributed by atoms with Gasteiger partial charge in [0, 0.05) is 0 Å². The van der Waals surface area contributed by atoms with Crippen molar-refractivity contribution in [3.05, 3.63) is 65.7 Å². The van der Waals surface area contributed by atoms with Crippen LogP contribution in [-0.4, -0.2) is 11.7 Å². The minimum absolute atomic E-state index is 0.00220. The molecule has 2 atom stereocenters. The summed E-state index contributed by atoms with van der Waals surface area (Å²) < 4.78 is 46.1. The van der Waals surface area contributed by atoms with Gasteiger partial charge in [-0.05, 0) is 61.3 Å². The summed E-state index contributed by atoms with van der Waals surface area (Å²) in [5, 5.41) is 9.16. The predicted molar refractivity (Wildman–Crippen MR) is 103 cm³/mol. The number of phenols is 1. The fraction of sp³-hybridized carbons (Fsp3) is 0.455. The Morgan fingerprint density at radius 1 is 1.15 bits per heavy atom. The number of aromatic hydroxyl groups is 1. The number of aryl methyl sites for hydroxylation is 1. The van der Waals surface area contributed by atoms with Crippen molar-refractivity contribution in [1.29, 1.82) is 0 Å². The van der Waals surface area contributed by atoms with Crippen LogP contribution in [0.25, 0.3) is 0 Å². The number of allylic oxidation sites excluding steroid dienone is 3. The second-order valence-corrected chi connectivity index (χ2v) is 6.92. The number of hydrogen-bond donors (Lipinski definition) is 1. The van der Waals surface area contributed by atoms with Crippen molar-refractivity contribution in [2.75, 3.05) is 6.61 Å². The van der Waals surface area contributed by atoms with Crippen molar-refractivity contribution >= 4 is 0 Å². The van der Waals surface area contributed by atoms with E-state index in [1.54, 1.807) is 6.92 Å². The first-order chi connectivity index (χ1) is 12.7. The molecule has 2 unspecified atom stereocenters. The van der Waals surface area contributed by atoms with Gasteiger partial charge in [-0.3, -0.25) is 0 Å². The molecule has 0 heterocycles. The van der Waals surface area contributed by atoms with Crippen LogP contribution in [0.15, 0.2) is 48.5 Å². The van der Waals surface area contributed by atoms with E-state index in [0.717, 1.165) is 12.8 Å². The highest BCUT2D eigenvalue weighted by atomic mass is 19.2. The van der Waals surface area contributed by atoms with E-state index in [-0.39, 0.29) is 23.2 Å². The first-order valence-electron chi connectivity index (χ1n) is 9.21. The summed E-state index contributed by atoms with van der Waals surface area (Å²) in [6.07, 6.45) is 4.08. The molecule has 0 aromatic heterocycles. The van der Waals surface area contributed by atoms with E-state index < -0.39 is 23.2 Å². The van der Waals surface area contributed by atoms with Gasteiger partial charge in [0.1, 0.15) is 5.76 Å². The van der Waals surface area contributed by atoms with Crippen LogP contribution < -0.4 is 0 Å². The van der Waals surface area contributed by atoms with Gasteiger partial charge in [-0.1, -0.05) is 39.5 Å². The van der Waals surface area contributed by atoms with Crippen LogP contribution in [0.5, 0.6) is 5.75 Å². The van der Waals surface area contributed by atoms with E-state index in [0.29, 0.717) is 25.0 Å². The Morgan fingerprint density at radius 3 is 2.44 bits per heavy atom. The van der Waals surface area contributed by atoms with Crippen molar-refractivity contribution < 1.29 is 23.0 Å². The summed E-state index contributed by atoms with van der Waals surface area (Å²) in [4.78, 5) is 0. The van der Waals surface area contributed by atoms with Gasteiger partial charge in [0.2, 0.25) is 5.82 Å². The molecule has 0 amide bonds.